The molecule has 166 valence electrons. The molecule has 1 heterocycles. The third kappa shape index (κ3) is 8.31. The van der Waals surface area contributed by atoms with Crippen LogP contribution in [0.15, 0.2) is 4.99 Å². The first kappa shape index (κ1) is 25.9. The van der Waals surface area contributed by atoms with Gasteiger partial charge in [0.05, 0.1) is 6.26 Å². The van der Waals surface area contributed by atoms with Crippen molar-refractivity contribution in [3.05, 3.63) is 0 Å². The number of piperidine rings is 1. The normalized spacial score (nSPS) is 21.8. The predicted molar refractivity (Wildman–Crippen MR) is 126 cm³/mol. The van der Waals surface area contributed by atoms with E-state index in [0.29, 0.717) is 19.0 Å². The molecule has 3 N–H and O–H groups in total. The highest BCUT2D eigenvalue weighted by Gasteiger charge is 2.31. The van der Waals surface area contributed by atoms with Crippen molar-refractivity contribution in [2.24, 2.45) is 16.3 Å². The van der Waals surface area contributed by atoms with Crippen LogP contribution in [0.25, 0.3) is 0 Å². The summed E-state index contributed by atoms with van der Waals surface area (Å²) >= 11 is 0. The van der Waals surface area contributed by atoms with E-state index in [1.807, 2.05) is 0 Å². The minimum atomic E-state index is -3.07. The van der Waals surface area contributed by atoms with Crippen molar-refractivity contribution in [1.29, 1.82) is 0 Å². The van der Waals surface area contributed by atoms with Crippen LogP contribution in [0.3, 0.4) is 0 Å². The van der Waals surface area contributed by atoms with Gasteiger partial charge in [-0.2, -0.15) is 0 Å². The third-order valence-electron chi connectivity index (χ3n) is 6.07. The zero-order valence-electron chi connectivity index (χ0n) is 17.5. The second-order valence-electron chi connectivity index (χ2n) is 8.22. The molecule has 7 nitrogen and oxygen atoms in total. The van der Waals surface area contributed by atoms with Crippen LogP contribution in [-0.4, -0.2) is 69.4 Å². The van der Waals surface area contributed by atoms with E-state index in [9.17, 15) is 13.5 Å². The lowest BCUT2D eigenvalue weighted by atomic mass is 9.72. The van der Waals surface area contributed by atoms with Gasteiger partial charge < -0.3 is 15.7 Å². The van der Waals surface area contributed by atoms with Crippen LogP contribution in [0.1, 0.15) is 58.3 Å². The maximum atomic E-state index is 11.6. The minimum absolute atomic E-state index is 0. The number of guanidine groups is 1. The van der Waals surface area contributed by atoms with Gasteiger partial charge in [0.25, 0.3) is 0 Å². The van der Waals surface area contributed by atoms with Crippen LogP contribution >= 0.6 is 24.0 Å². The standard InChI is InChI=1S/C19H38N4O3S.HI/c1-3-20-18(22-16-19(11-14-24)9-5-4-6-10-19)21-15-17-7-12-23(13-8-17)27(2,25)26;/h17,24H,3-16H2,1-2H3,(H2,20,21,22);1H. The molecule has 2 fully saturated rings. The van der Waals surface area contributed by atoms with Gasteiger partial charge in [-0.25, -0.2) is 12.7 Å². The highest BCUT2D eigenvalue weighted by molar-refractivity contribution is 14.0. The van der Waals surface area contributed by atoms with E-state index < -0.39 is 10.0 Å². The molecule has 1 saturated carbocycles. The highest BCUT2D eigenvalue weighted by atomic mass is 127. The molecule has 0 spiro atoms. The van der Waals surface area contributed by atoms with Gasteiger partial charge in [-0.3, -0.25) is 4.99 Å². The van der Waals surface area contributed by atoms with E-state index in [0.717, 1.165) is 57.7 Å². The van der Waals surface area contributed by atoms with Gasteiger partial charge in [0.15, 0.2) is 5.96 Å². The predicted octanol–water partition coefficient (Wildman–Crippen LogP) is 2.16. The van der Waals surface area contributed by atoms with Crippen LogP contribution in [0.4, 0.5) is 0 Å². The number of aliphatic hydroxyl groups excluding tert-OH is 1. The summed E-state index contributed by atoms with van der Waals surface area (Å²) in [6, 6.07) is 0. The zero-order chi connectivity index (χ0) is 19.8. The average Bonchev–Trinajstić information content (AvgIpc) is 2.65. The van der Waals surface area contributed by atoms with Gasteiger partial charge in [0.1, 0.15) is 0 Å². The molecule has 1 saturated heterocycles. The van der Waals surface area contributed by atoms with E-state index in [1.54, 1.807) is 4.31 Å². The van der Waals surface area contributed by atoms with Gasteiger partial charge in [-0.15, -0.1) is 24.0 Å². The van der Waals surface area contributed by atoms with E-state index in [-0.39, 0.29) is 36.0 Å². The Bertz CT molecular complexity index is 566. The number of rotatable bonds is 8. The van der Waals surface area contributed by atoms with E-state index in [2.05, 4.69) is 17.6 Å². The monoisotopic (exact) mass is 530 g/mol. The second-order valence-corrected chi connectivity index (χ2v) is 10.2. The first-order chi connectivity index (χ1) is 12.9. The van der Waals surface area contributed by atoms with Gasteiger partial charge in [0.2, 0.25) is 10.0 Å². The molecule has 0 amide bonds. The van der Waals surface area contributed by atoms with Crippen LogP contribution in [0.5, 0.6) is 0 Å². The summed E-state index contributed by atoms with van der Waals surface area (Å²) in [4.78, 5) is 4.84. The lowest BCUT2D eigenvalue weighted by Crippen LogP contribution is -2.44. The molecular formula is C19H39IN4O3S. The molecule has 0 aromatic carbocycles. The summed E-state index contributed by atoms with van der Waals surface area (Å²) < 4.78 is 24.8. The van der Waals surface area contributed by atoms with Crippen molar-refractivity contribution >= 4 is 40.0 Å². The Morgan fingerprint density at radius 1 is 1.18 bits per heavy atom. The highest BCUT2D eigenvalue weighted by Crippen LogP contribution is 2.39. The maximum Gasteiger partial charge on any atom is 0.211 e. The molecule has 0 unspecified atom stereocenters. The first-order valence-corrected chi connectivity index (χ1v) is 12.3. The molecule has 1 aliphatic heterocycles. The van der Waals surface area contributed by atoms with Crippen molar-refractivity contribution in [2.45, 2.75) is 58.3 Å². The SMILES string of the molecule is CCNC(=NCC1(CCO)CCCCC1)NCC1CCN(S(C)(=O)=O)CC1.I. The Morgan fingerprint density at radius 2 is 1.82 bits per heavy atom. The largest absolute Gasteiger partial charge is 0.396 e. The smallest absolute Gasteiger partial charge is 0.211 e. The van der Waals surface area contributed by atoms with Crippen molar-refractivity contribution < 1.29 is 13.5 Å². The summed E-state index contributed by atoms with van der Waals surface area (Å²) in [6.45, 7) is 5.90. The summed E-state index contributed by atoms with van der Waals surface area (Å²) in [5, 5.41) is 16.3. The van der Waals surface area contributed by atoms with Crippen molar-refractivity contribution in [3.8, 4) is 0 Å². The summed E-state index contributed by atoms with van der Waals surface area (Å²) in [6.07, 6.45) is 9.95. The minimum Gasteiger partial charge on any atom is -0.396 e. The van der Waals surface area contributed by atoms with Crippen molar-refractivity contribution in [1.82, 2.24) is 14.9 Å². The molecule has 0 radical (unpaired) electrons. The average molecular weight is 531 g/mol. The molecule has 2 aliphatic rings. The molecule has 0 aromatic heterocycles. The Hall–Kier alpha value is -0.130. The van der Waals surface area contributed by atoms with E-state index >= 15 is 0 Å². The lowest BCUT2D eigenvalue weighted by Gasteiger charge is -2.36. The Kier molecular flexibility index (Phi) is 11.6. The molecule has 9 heteroatoms. The fourth-order valence-electron chi connectivity index (χ4n) is 4.30. The molecule has 1 aliphatic carbocycles. The number of sulfonamides is 1. The molecule has 0 aromatic rings. The molecule has 0 atom stereocenters. The van der Waals surface area contributed by atoms with Crippen LogP contribution < -0.4 is 10.6 Å². The number of aliphatic imine (C=N–C) groups is 1. The van der Waals surface area contributed by atoms with Crippen LogP contribution in [0, 0.1) is 11.3 Å². The van der Waals surface area contributed by atoms with E-state index in [1.165, 1.54) is 25.5 Å². The number of hydrogen-bond acceptors (Lipinski definition) is 4. The molecular weight excluding hydrogens is 491 g/mol. The topological polar surface area (TPSA) is 94.0 Å². The Balaban J connectivity index is 0.00000392. The summed E-state index contributed by atoms with van der Waals surface area (Å²) in [7, 11) is -3.07. The van der Waals surface area contributed by atoms with Crippen molar-refractivity contribution in [3.63, 3.8) is 0 Å². The third-order valence-corrected chi connectivity index (χ3v) is 7.38. The number of halogens is 1. The number of aliphatic hydroxyl groups is 1. The molecule has 28 heavy (non-hydrogen) atoms. The van der Waals surface area contributed by atoms with E-state index in [4.69, 9.17) is 4.99 Å². The molecule has 0 bridgehead atoms. The molecule has 2 rings (SSSR count). The maximum absolute atomic E-state index is 11.6. The summed E-state index contributed by atoms with van der Waals surface area (Å²) in [5.41, 5.74) is 0.149. The van der Waals surface area contributed by atoms with Gasteiger partial charge in [-0.1, -0.05) is 19.3 Å². The van der Waals surface area contributed by atoms with Gasteiger partial charge in [-0.05, 0) is 50.4 Å². The fourth-order valence-corrected chi connectivity index (χ4v) is 5.17. The number of nitrogens with zero attached hydrogens (tertiary/aromatic N) is 2. The summed E-state index contributed by atoms with van der Waals surface area (Å²) in [5.74, 6) is 1.30. The first-order valence-electron chi connectivity index (χ1n) is 10.5. The fraction of sp³-hybridized carbons (Fsp3) is 0.947. The Labute approximate surface area is 188 Å². The number of hydrogen-bond donors (Lipinski definition) is 3. The zero-order valence-corrected chi connectivity index (χ0v) is 20.6. The quantitative estimate of drug-likeness (QED) is 0.254. The Morgan fingerprint density at radius 3 is 2.36 bits per heavy atom. The van der Waals surface area contributed by atoms with Gasteiger partial charge >= 0.3 is 0 Å². The van der Waals surface area contributed by atoms with Gasteiger partial charge in [0, 0.05) is 39.3 Å². The lowest BCUT2D eigenvalue weighted by molar-refractivity contribution is 0.137. The number of nitrogens with one attached hydrogen (secondary N) is 2. The van der Waals surface area contributed by atoms with Crippen LogP contribution in [0.2, 0.25) is 0 Å². The van der Waals surface area contributed by atoms with Crippen LogP contribution in [-0.2, 0) is 10.0 Å². The second kappa shape index (κ2) is 12.5. The van der Waals surface area contributed by atoms with Crippen molar-refractivity contribution in [2.75, 3.05) is 45.6 Å².